The lowest BCUT2D eigenvalue weighted by atomic mass is 9.84. The minimum atomic E-state index is 0.0810. The number of benzene rings is 1. The molecular weight excluding hydrogens is 342 g/mol. The summed E-state index contributed by atoms with van der Waals surface area (Å²) in [6.07, 6.45) is 2.23. The van der Waals surface area contributed by atoms with Crippen LogP contribution < -0.4 is 0 Å². The van der Waals surface area contributed by atoms with Gasteiger partial charge in [-0.1, -0.05) is 12.1 Å². The number of fused-ring (bicyclic) bond motifs is 1. The first-order valence-corrected chi connectivity index (χ1v) is 9.75. The van der Waals surface area contributed by atoms with Crippen molar-refractivity contribution in [3.8, 4) is 0 Å². The number of amides is 1. The quantitative estimate of drug-likeness (QED) is 0.878. The third-order valence-electron chi connectivity index (χ3n) is 6.17. The lowest BCUT2D eigenvalue weighted by Gasteiger charge is -2.52. The summed E-state index contributed by atoms with van der Waals surface area (Å²) in [7, 11) is 4.37. The summed E-state index contributed by atoms with van der Waals surface area (Å²) in [6.45, 7) is 5.13. The molecule has 0 saturated carbocycles. The Morgan fingerprint density at radius 1 is 1.19 bits per heavy atom. The number of aromatic nitrogens is 2. The highest BCUT2D eigenvalue weighted by molar-refractivity contribution is 5.78. The molecule has 0 radical (unpaired) electrons. The second-order valence-corrected chi connectivity index (χ2v) is 7.96. The number of para-hydroxylation sites is 2. The van der Waals surface area contributed by atoms with Gasteiger partial charge in [0.2, 0.25) is 5.91 Å². The molecule has 4 rings (SSSR count). The number of imidazole rings is 1. The third-order valence-corrected chi connectivity index (χ3v) is 6.17. The summed E-state index contributed by atoms with van der Waals surface area (Å²) in [5, 5.41) is 0. The van der Waals surface area contributed by atoms with E-state index in [0.717, 1.165) is 62.4 Å². The molecule has 1 aromatic heterocycles. The number of likely N-dealkylation sites (tertiary alicyclic amines) is 1. The Morgan fingerprint density at radius 2 is 1.96 bits per heavy atom. The van der Waals surface area contributed by atoms with E-state index in [1.807, 2.05) is 29.2 Å². The number of likely N-dealkylation sites (N-methyl/N-ethyl adjacent to an activating group) is 1. The number of piperidine rings is 1. The molecule has 27 heavy (non-hydrogen) atoms. The average molecular weight is 371 g/mol. The molecule has 146 valence electrons. The summed E-state index contributed by atoms with van der Waals surface area (Å²) in [6, 6.07) is 7.89. The second kappa shape index (κ2) is 7.58. The Labute approximate surface area is 160 Å². The van der Waals surface area contributed by atoms with Crippen LogP contribution in [0, 0.1) is 0 Å². The number of rotatable bonds is 4. The zero-order chi connectivity index (χ0) is 18.9. The van der Waals surface area contributed by atoms with Gasteiger partial charge in [0.15, 0.2) is 0 Å². The monoisotopic (exact) mass is 371 g/mol. The molecule has 1 spiro atoms. The number of carbonyl (C=O) groups excluding carboxylic acids is 1. The number of ether oxygens (including phenoxy) is 1. The number of piperazine rings is 1. The average Bonchev–Trinajstić information content (AvgIpc) is 3.09. The fourth-order valence-electron chi connectivity index (χ4n) is 4.25. The topological polar surface area (TPSA) is 64.7 Å². The van der Waals surface area contributed by atoms with Gasteiger partial charge in [0.25, 0.3) is 0 Å². The Bertz CT molecular complexity index is 764. The van der Waals surface area contributed by atoms with E-state index in [4.69, 9.17) is 4.74 Å². The summed E-state index contributed by atoms with van der Waals surface area (Å²) >= 11 is 0. The fourth-order valence-corrected chi connectivity index (χ4v) is 4.25. The highest BCUT2D eigenvalue weighted by atomic mass is 16.5. The lowest BCUT2D eigenvalue weighted by Crippen LogP contribution is -2.65. The lowest BCUT2D eigenvalue weighted by molar-refractivity contribution is -0.143. The van der Waals surface area contributed by atoms with Crippen LogP contribution in [0.1, 0.15) is 18.7 Å². The van der Waals surface area contributed by atoms with Gasteiger partial charge in [0, 0.05) is 25.2 Å². The molecule has 3 heterocycles. The molecule has 0 aliphatic carbocycles. The minimum absolute atomic E-state index is 0.0810. The fraction of sp³-hybridized carbons (Fsp3) is 0.600. The molecule has 2 fully saturated rings. The SMILES string of the molecule is CN1CCC2(CC1)CN(C(=O)COCc1nc3ccccc3[nH]1)CCN2C. The predicted octanol–water partition coefficient (Wildman–Crippen LogP) is 1.32. The standard InChI is InChI=1S/C20H29N5O2/c1-23-9-7-20(8-10-23)15-25(12-11-24(20)2)19(26)14-27-13-18-21-16-5-3-4-6-17(16)22-18/h3-6H,7-15H2,1-2H3,(H,21,22). The molecule has 2 aliphatic heterocycles. The van der Waals surface area contributed by atoms with E-state index in [9.17, 15) is 4.79 Å². The number of carbonyl (C=O) groups is 1. The Balaban J connectivity index is 1.31. The molecular formula is C20H29N5O2. The maximum Gasteiger partial charge on any atom is 0.248 e. The summed E-state index contributed by atoms with van der Waals surface area (Å²) < 4.78 is 5.68. The number of nitrogens with one attached hydrogen (secondary N) is 1. The zero-order valence-corrected chi connectivity index (χ0v) is 16.3. The van der Waals surface area contributed by atoms with Gasteiger partial charge in [-0.05, 0) is 52.2 Å². The number of nitrogens with zero attached hydrogens (tertiary/aromatic N) is 4. The van der Waals surface area contributed by atoms with Crippen LogP contribution in [-0.4, -0.2) is 89.5 Å². The van der Waals surface area contributed by atoms with Crippen molar-refractivity contribution in [3.63, 3.8) is 0 Å². The number of hydrogen-bond donors (Lipinski definition) is 1. The Hall–Kier alpha value is -1.96. The van der Waals surface area contributed by atoms with Crippen molar-refractivity contribution < 1.29 is 9.53 Å². The highest BCUT2D eigenvalue weighted by Crippen LogP contribution is 2.31. The molecule has 0 bridgehead atoms. The third kappa shape index (κ3) is 3.85. The molecule has 2 saturated heterocycles. The van der Waals surface area contributed by atoms with E-state index in [1.165, 1.54) is 0 Å². The number of hydrogen-bond acceptors (Lipinski definition) is 5. The van der Waals surface area contributed by atoms with Gasteiger partial charge in [-0.2, -0.15) is 0 Å². The number of aromatic amines is 1. The molecule has 0 unspecified atom stereocenters. The van der Waals surface area contributed by atoms with Crippen LogP contribution in [0.3, 0.4) is 0 Å². The molecule has 2 aromatic rings. The van der Waals surface area contributed by atoms with Crippen molar-refractivity contribution in [2.24, 2.45) is 0 Å². The van der Waals surface area contributed by atoms with Crippen LogP contribution >= 0.6 is 0 Å². The summed E-state index contributed by atoms with van der Waals surface area (Å²) in [5.74, 6) is 0.840. The molecule has 2 aliphatic rings. The van der Waals surface area contributed by atoms with E-state index in [-0.39, 0.29) is 18.1 Å². The molecule has 0 atom stereocenters. The van der Waals surface area contributed by atoms with Crippen LogP contribution in [-0.2, 0) is 16.1 Å². The zero-order valence-electron chi connectivity index (χ0n) is 16.3. The van der Waals surface area contributed by atoms with Crippen molar-refractivity contribution in [3.05, 3.63) is 30.1 Å². The maximum absolute atomic E-state index is 12.7. The van der Waals surface area contributed by atoms with Crippen molar-refractivity contribution in [2.45, 2.75) is 25.0 Å². The molecule has 1 aromatic carbocycles. The number of H-pyrrole nitrogens is 1. The Morgan fingerprint density at radius 3 is 2.74 bits per heavy atom. The van der Waals surface area contributed by atoms with Crippen molar-refractivity contribution in [1.82, 2.24) is 24.7 Å². The van der Waals surface area contributed by atoms with Gasteiger partial charge in [-0.25, -0.2) is 4.98 Å². The first kappa shape index (κ1) is 18.4. The van der Waals surface area contributed by atoms with E-state index < -0.39 is 0 Å². The first-order valence-electron chi connectivity index (χ1n) is 9.75. The second-order valence-electron chi connectivity index (χ2n) is 7.96. The largest absolute Gasteiger partial charge is 0.364 e. The molecule has 7 nitrogen and oxygen atoms in total. The smallest absolute Gasteiger partial charge is 0.248 e. The van der Waals surface area contributed by atoms with E-state index in [2.05, 4.69) is 33.9 Å². The van der Waals surface area contributed by atoms with Crippen molar-refractivity contribution >= 4 is 16.9 Å². The van der Waals surface area contributed by atoms with Gasteiger partial charge in [0.05, 0.1) is 11.0 Å². The van der Waals surface area contributed by atoms with E-state index >= 15 is 0 Å². The van der Waals surface area contributed by atoms with Crippen LogP contribution in [0.15, 0.2) is 24.3 Å². The van der Waals surface area contributed by atoms with Gasteiger partial charge in [-0.3, -0.25) is 9.69 Å². The normalized spacial score (nSPS) is 21.2. The van der Waals surface area contributed by atoms with Gasteiger partial charge in [-0.15, -0.1) is 0 Å². The first-order chi connectivity index (χ1) is 13.1. The van der Waals surface area contributed by atoms with Crippen LogP contribution in [0.4, 0.5) is 0 Å². The van der Waals surface area contributed by atoms with Crippen LogP contribution in [0.5, 0.6) is 0 Å². The molecule has 1 amide bonds. The summed E-state index contributed by atoms with van der Waals surface area (Å²) in [4.78, 5) is 27.2. The van der Waals surface area contributed by atoms with Crippen molar-refractivity contribution in [1.29, 1.82) is 0 Å². The van der Waals surface area contributed by atoms with Gasteiger partial charge in [0.1, 0.15) is 19.0 Å². The van der Waals surface area contributed by atoms with E-state index in [0.29, 0.717) is 6.61 Å². The minimum Gasteiger partial charge on any atom is -0.364 e. The van der Waals surface area contributed by atoms with Crippen molar-refractivity contribution in [2.75, 3.05) is 53.4 Å². The van der Waals surface area contributed by atoms with Gasteiger partial charge >= 0.3 is 0 Å². The predicted molar refractivity (Wildman–Crippen MR) is 104 cm³/mol. The van der Waals surface area contributed by atoms with Crippen LogP contribution in [0.2, 0.25) is 0 Å². The van der Waals surface area contributed by atoms with Crippen LogP contribution in [0.25, 0.3) is 11.0 Å². The Kier molecular flexibility index (Phi) is 5.16. The van der Waals surface area contributed by atoms with Gasteiger partial charge < -0.3 is 19.5 Å². The summed E-state index contributed by atoms with van der Waals surface area (Å²) in [5.41, 5.74) is 2.04. The molecule has 1 N–H and O–H groups in total. The highest BCUT2D eigenvalue weighted by Gasteiger charge is 2.42. The molecule has 7 heteroatoms. The maximum atomic E-state index is 12.7. The van der Waals surface area contributed by atoms with E-state index in [1.54, 1.807) is 0 Å².